The van der Waals surface area contributed by atoms with Crippen LogP contribution in [-0.2, 0) is 16.7 Å². The molecule has 3 aliphatic heterocycles. The van der Waals surface area contributed by atoms with Crippen LogP contribution < -0.4 is 34.6 Å². The van der Waals surface area contributed by atoms with Crippen molar-refractivity contribution in [2.24, 2.45) is 4.99 Å². The van der Waals surface area contributed by atoms with Gasteiger partial charge in [0.2, 0.25) is 11.4 Å². The van der Waals surface area contributed by atoms with Crippen LogP contribution in [0, 0.1) is 0 Å². The number of aromatic nitrogens is 2. The minimum Gasteiger partial charge on any atom is -0.748 e. The number of aryl methyl sites for hydroxylation is 1. The fourth-order valence-electron chi connectivity index (χ4n) is 8.38. The summed E-state index contributed by atoms with van der Waals surface area (Å²) in [6, 6.07) is 37.8. The van der Waals surface area contributed by atoms with Crippen molar-refractivity contribution in [1.29, 1.82) is 0 Å². The van der Waals surface area contributed by atoms with Crippen LogP contribution in [0.3, 0.4) is 0 Å². The maximum Gasteiger partial charge on any atom is 0.214 e. The van der Waals surface area contributed by atoms with Gasteiger partial charge in [0.05, 0.1) is 66.8 Å². The third-order valence-electron chi connectivity index (χ3n) is 11.3. The lowest BCUT2D eigenvalue weighted by atomic mass is 9.96. The normalized spacial score (nSPS) is 14.6. The van der Waals surface area contributed by atoms with E-state index in [1.807, 2.05) is 132 Å². The van der Waals surface area contributed by atoms with E-state index < -0.39 is 15.9 Å². The van der Waals surface area contributed by atoms with Gasteiger partial charge in [0.1, 0.15) is 23.0 Å². The summed E-state index contributed by atoms with van der Waals surface area (Å²) in [6.07, 6.45) is 10.3. The lowest BCUT2D eigenvalue weighted by molar-refractivity contribution is -0.383. The summed E-state index contributed by atoms with van der Waals surface area (Å²) in [6.45, 7) is 0.244. The first kappa shape index (κ1) is 41.0. The number of hydrogen-bond donors (Lipinski definition) is 2. The number of benzene rings is 4. The molecule has 4 aromatic carbocycles. The van der Waals surface area contributed by atoms with Gasteiger partial charge in [0.15, 0.2) is 0 Å². The smallest absolute Gasteiger partial charge is 0.214 e. The Morgan fingerprint density at radius 1 is 0.603 bits per heavy atom. The average molecular weight is 857 g/mol. The van der Waals surface area contributed by atoms with Crippen molar-refractivity contribution in [3.63, 3.8) is 0 Å². The van der Waals surface area contributed by atoms with Crippen molar-refractivity contribution in [3.8, 4) is 23.0 Å². The number of allylic oxidation sites excluding steroid dienone is 5. The number of aliphatic imine (C=N–C) groups is 1. The number of nitrogens with one attached hydrogen (secondary N) is 2. The van der Waals surface area contributed by atoms with E-state index in [2.05, 4.69) is 28.2 Å². The molecule has 3 aliphatic rings. The van der Waals surface area contributed by atoms with Crippen molar-refractivity contribution in [1.82, 2.24) is 9.55 Å². The lowest BCUT2D eigenvalue weighted by Gasteiger charge is -2.14. The number of ether oxygens (including phenoxy) is 4. The Labute approximate surface area is 365 Å². The van der Waals surface area contributed by atoms with Crippen molar-refractivity contribution < 1.29 is 36.9 Å². The van der Waals surface area contributed by atoms with Gasteiger partial charge in [0.25, 0.3) is 0 Å². The van der Waals surface area contributed by atoms with Gasteiger partial charge in [-0.15, -0.1) is 0 Å². The summed E-state index contributed by atoms with van der Waals surface area (Å²) in [7, 11) is 2.10. The highest BCUT2D eigenvalue weighted by atomic mass is 32.2. The highest BCUT2D eigenvalue weighted by Gasteiger charge is 2.30. The molecule has 0 saturated heterocycles. The summed E-state index contributed by atoms with van der Waals surface area (Å²) in [5.41, 5.74) is 11.7. The Bertz CT molecular complexity index is 3230. The third kappa shape index (κ3) is 8.33. The van der Waals surface area contributed by atoms with E-state index in [4.69, 9.17) is 23.9 Å². The van der Waals surface area contributed by atoms with Crippen LogP contribution in [-0.4, -0.2) is 68.1 Å². The maximum absolute atomic E-state index is 12.0. The molecule has 2 aromatic heterocycles. The van der Waals surface area contributed by atoms with E-state index in [-0.39, 0.29) is 13.0 Å². The number of methoxy groups -OCH3 is 4. The van der Waals surface area contributed by atoms with Crippen LogP contribution in [0.2, 0.25) is 0 Å². The third-order valence-corrected chi connectivity index (χ3v) is 12.1. The topological polar surface area (TPSA) is 141 Å². The van der Waals surface area contributed by atoms with E-state index in [9.17, 15) is 13.0 Å². The summed E-state index contributed by atoms with van der Waals surface area (Å²) >= 11 is 0. The number of hydrogen-bond acceptors (Lipinski definition) is 8. The average Bonchev–Trinajstić information content (AvgIpc) is 4.14. The molecule has 11 nitrogen and oxygen atoms in total. The monoisotopic (exact) mass is 856 g/mol. The molecule has 5 heterocycles. The van der Waals surface area contributed by atoms with E-state index in [1.54, 1.807) is 28.4 Å². The first-order valence-corrected chi connectivity index (χ1v) is 21.9. The van der Waals surface area contributed by atoms with Gasteiger partial charge in [-0.25, -0.2) is 18.4 Å². The van der Waals surface area contributed by atoms with Crippen molar-refractivity contribution in [2.75, 3.05) is 34.2 Å². The molecule has 12 heteroatoms. The lowest BCUT2D eigenvalue weighted by Crippen LogP contribution is -2.68. The standard InChI is InChI=1S/C51H44N4O7S/c1-59-37-14-5-10-32(26-37)48-36-30-47(55(31-36)24-9-25-63(56,57)58)51(35-13-8-17-40(29-35)62-4)46-23-22-45(54-46)50(34-12-7-16-39(28-34)61-3)44-21-20-43(53-44)49(42-19-18-41(48)52-42)33-11-6-15-38(27-33)60-2/h5-8,10-23,26-31,52H,9,24-25H2,1-4H3,(H,56,57,58). The summed E-state index contributed by atoms with van der Waals surface area (Å²) in [5.74, 6) is 2.24. The number of aromatic amines is 1. The second-order valence-corrected chi connectivity index (χ2v) is 16.7. The molecule has 0 unspecified atom stereocenters. The molecule has 9 rings (SSSR count). The molecular formula is C51H44N4O7S. The van der Waals surface area contributed by atoms with Crippen LogP contribution in [0.15, 0.2) is 162 Å². The zero-order valence-corrected chi connectivity index (χ0v) is 36.0. The molecule has 0 amide bonds. The molecule has 6 aromatic rings. The zero-order valence-electron chi connectivity index (χ0n) is 35.1. The largest absolute Gasteiger partial charge is 0.748 e. The Morgan fingerprint density at radius 3 is 1.68 bits per heavy atom. The molecule has 2 N–H and O–H groups in total. The van der Waals surface area contributed by atoms with E-state index in [1.165, 1.54) is 0 Å². The summed E-state index contributed by atoms with van der Waals surface area (Å²) in [4.78, 5) is 13.0. The number of rotatable bonds is 12. The van der Waals surface area contributed by atoms with Crippen molar-refractivity contribution in [2.45, 2.75) is 13.0 Å². The van der Waals surface area contributed by atoms with Crippen LogP contribution >= 0.6 is 0 Å². The van der Waals surface area contributed by atoms with Gasteiger partial charge in [-0.1, -0.05) is 48.5 Å². The Hall–Kier alpha value is -7.41. The molecule has 0 fully saturated rings. The first-order valence-electron chi connectivity index (χ1n) is 20.4. The summed E-state index contributed by atoms with van der Waals surface area (Å²) in [5, 5.41) is 1.64. The molecule has 0 aliphatic carbocycles. The molecule has 0 saturated carbocycles. The number of fused-ring (bicyclic) bond motifs is 6. The van der Waals surface area contributed by atoms with E-state index >= 15 is 0 Å². The fourth-order valence-corrected chi connectivity index (χ4v) is 8.87. The second-order valence-electron chi connectivity index (χ2n) is 15.1. The first-order chi connectivity index (χ1) is 30.6. The van der Waals surface area contributed by atoms with Crippen LogP contribution in [0.5, 0.6) is 23.0 Å². The summed E-state index contributed by atoms with van der Waals surface area (Å²) < 4.78 is 60.8. The SMILES string of the molecule is COc1cccc(C2=C3C=CC(=N3)C(c3cccc(OC)c3)=c3ccc([nH]3)=C(c3cccc(OC)c3)c3cc(n(CCCS(=O)(=O)[O-])c3)C(c3cccc(OC)c3)=C3C=CC2=[NH+]3)c1. The zero-order chi connectivity index (χ0) is 43.7. The fraction of sp³-hybridized carbons (Fsp3) is 0.137. The van der Waals surface area contributed by atoms with Crippen LogP contribution in [0.4, 0.5) is 0 Å². The van der Waals surface area contributed by atoms with Gasteiger partial charge < -0.3 is 33.1 Å². The molecule has 0 radical (unpaired) electrons. The van der Waals surface area contributed by atoms with Gasteiger partial charge in [-0.2, -0.15) is 0 Å². The molecule has 63 heavy (non-hydrogen) atoms. The van der Waals surface area contributed by atoms with Crippen molar-refractivity contribution in [3.05, 3.63) is 201 Å². The number of nitrogens with zero attached hydrogens (tertiary/aromatic N) is 2. The van der Waals surface area contributed by atoms with Gasteiger partial charge in [-0.05, 0) is 108 Å². The maximum atomic E-state index is 12.0. The highest BCUT2D eigenvalue weighted by Crippen LogP contribution is 2.36. The van der Waals surface area contributed by atoms with Gasteiger partial charge in [0, 0.05) is 58.1 Å². The Kier molecular flexibility index (Phi) is 11.2. The molecular weight excluding hydrogens is 813 g/mol. The molecule has 316 valence electrons. The highest BCUT2D eigenvalue weighted by molar-refractivity contribution is 7.85. The minimum atomic E-state index is -4.47. The molecule has 0 atom stereocenters. The van der Waals surface area contributed by atoms with Gasteiger partial charge in [-0.3, -0.25) is 0 Å². The van der Waals surface area contributed by atoms with E-state index in [0.29, 0.717) is 23.0 Å². The predicted molar refractivity (Wildman–Crippen MR) is 244 cm³/mol. The predicted octanol–water partition coefficient (Wildman–Crippen LogP) is 5.52. The molecule has 0 spiro atoms. The van der Waals surface area contributed by atoms with E-state index in [0.717, 1.165) is 89.3 Å². The van der Waals surface area contributed by atoms with Gasteiger partial charge >= 0.3 is 0 Å². The molecule has 8 bridgehead atoms. The minimum absolute atomic E-state index is 0.104. The van der Waals surface area contributed by atoms with Crippen molar-refractivity contribution >= 4 is 43.8 Å². The van der Waals surface area contributed by atoms with Crippen LogP contribution in [0.1, 0.15) is 39.9 Å². The van der Waals surface area contributed by atoms with Crippen LogP contribution in [0.25, 0.3) is 22.3 Å². The Morgan fingerprint density at radius 2 is 1.13 bits per heavy atom. The quantitative estimate of drug-likeness (QED) is 0.155. The number of H-pyrrole nitrogens is 1. The second kappa shape index (κ2) is 17.2. The Balaban J connectivity index is 1.43.